The second kappa shape index (κ2) is 7.17. The summed E-state index contributed by atoms with van der Waals surface area (Å²) in [7, 11) is 1.57. The standard InChI is InChI=1S/C18H16ClFN6O2/c1-9(8-28-2)23-17(27)11-5-21-16-14(11)24-12(6-22-16)15-13-4-3-10(20)7-26(13)18(19)25-15/h3-7,9H,8H2,1-2H3,(H,21,22)(H,23,27). The number of aromatic amines is 1. The number of imidazole rings is 1. The van der Waals surface area contributed by atoms with Gasteiger partial charge >= 0.3 is 0 Å². The topological polar surface area (TPSA) is 97.2 Å². The van der Waals surface area contributed by atoms with Crippen LogP contribution < -0.4 is 5.32 Å². The highest BCUT2D eigenvalue weighted by Crippen LogP contribution is 2.27. The summed E-state index contributed by atoms with van der Waals surface area (Å²) >= 11 is 6.12. The minimum absolute atomic E-state index is 0.104. The lowest BCUT2D eigenvalue weighted by Crippen LogP contribution is -2.35. The van der Waals surface area contributed by atoms with Crippen LogP contribution in [0.5, 0.6) is 0 Å². The van der Waals surface area contributed by atoms with E-state index in [0.717, 1.165) is 0 Å². The summed E-state index contributed by atoms with van der Waals surface area (Å²) in [5.74, 6) is -0.730. The lowest BCUT2D eigenvalue weighted by Gasteiger charge is -2.11. The molecular formula is C18H16ClFN6O2. The number of rotatable bonds is 5. The molecule has 0 saturated heterocycles. The van der Waals surface area contributed by atoms with E-state index in [1.54, 1.807) is 19.4 Å². The average Bonchev–Trinajstić information content (AvgIpc) is 3.22. The Hall–Kier alpha value is -3.04. The fourth-order valence-corrected chi connectivity index (χ4v) is 3.21. The molecule has 0 aliphatic carbocycles. The number of aromatic nitrogens is 5. The number of carbonyl (C=O) groups is 1. The quantitative estimate of drug-likeness (QED) is 0.535. The van der Waals surface area contributed by atoms with E-state index >= 15 is 0 Å². The molecule has 4 heterocycles. The molecule has 10 heteroatoms. The monoisotopic (exact) mass is 402 g/mol. The van der Waals surface area contributed by atoms with Crippen molar-refractivity contribution in [3.05, 3.63) is 47.4 Å². The van der Waals surface area contributed by atoms with Gasteiger partial charge in [0.25, 0.3) is 5.91 Å². The van der Waals surface area contributed by atoms with Gasteiger partial charge in [0.2, 0.25) is 5.28 Å². The molecule has 4 rings (SSSR count). The zero-order chi connectivity index (χ0) is 19.8. The van der Waals surface area contributed by atoms with E-state index in [-0.39, 0.29) is 17.2 Å². The van der Waals surface area contributed by atoms with Crippen molar-refractivity contribution in [1.29, 1.82) is 0 Å². The molecule has 4 aromatic rings. The lowest BCUT2D eigenvalue weighted by molar-refractivity contribution is 0.0907. The molecule has 0 aromatic carbocycles. The summed E-state index contributed by atoms with van der Waals surface area (Å²) in [5.41, 5.74) is 2.66. The second-order valence-electron chi connectivity index (χ2n) is 6.32. The molecule has 1 atom stereocenters. The van der Waals surface area contributed by atoms with Crippen molar-refractivity contribution in [2.24, 2.45) is 0 Å². The molecule has 0 radical (unpaired) electrons. The SMILES string of the molecule is COCC(C)NC(=O)c1c[nH]c2ncc(-c3nc(Cl)n4cc(F)ccc34)nc12. The summed E-state index contributed by atoms with van der Waals surface area (Å²) in [6.45, 7) is 2.23. The van der Waals surface area contributed by atoms with Gasteiger partial charge in [0.1, 0.15) is 22.7 Å². The summed E-state index contributed by atoms with van der Waals surface area (Å²) in [6.07, 6.45) is 4.32. The fraction of sp³-hybridized carbons (Fsp3) is 0.222. The number of fused-ring (bicyclic) bond motifs is 2. The molecule has 0 aliphatic rings. The Balaban J connectivity index is 1.77. The van der Waals surface area contributed by atoms with Crippen molar-refractivity contribution >= 4 is 34.2 Å². The molecule has 144 valence electrons. The number of ether oxygens (including phenoxy) is 1. The van der Waals surface area contributed by atoms with E-state index in [1.165, 1.54) is 22.9 Å². The minimum atomic E-state index is -0.436. The van der Waals surface area contributed by atoms with Crippen LogP contribution in [0.3, 0.4) is 0 Å². The molecule has 0 bridgehead atoms. The maximum absolute atomic E-state index is 13.5. The van der Waals surface area contributed by atoms with Crippen molar-refractivity contribution in [3.8, 4) is 11.4 Å². The van der Waals surface area contributed by atoms with Gasteiger partial charge in [-0.15, -0.1) is 0 Å². The van der Waals surface area contributed by atoms with E-state index in [0.29, 0.717) is 40.2 Å². The van der Waals surface area contributed by atoms with Crippen LogP contribution in [-0.2, 0) is 4.74 Å². The van der Waals surface area contributed by atoms with Gasteiger partial charge in [0, 0.05) is 25.5 Å². The van der Waals surface area contributed by atoms with Crippen LogP contribution in [0.15, 0.2) is 30.7 Å². The predicted molar refractivity (Wildman–Crippen MR) is 102 cm³/mol. The first-order valence-corrected chi connectivity index (χ1v) is 8.83. The molecule has 0 fully saturated rings. The Morgan fingerprint density at radius 3 is 3.04 bits per heavy atom. The molecule has 0 saturated carbocycles. The number of nitrogens with zero attached hydrogens (tertiary/aromatic N) is 4. The molecular weight excluding hydrogens is 387 g/mol. The van der Waals surface area contributed by atoms with Gasteiger partial charge in [-0.05, 0) is 30.7 Å². The Morgan fingerprint density at radius 2 is 2.25 bits per heavy atom. The summed E-state index contributed by atoms with van der Waals surface area (Å²) in [4.78, 5) is 28.6. The molecule has 8 nitrogen and oxygen atoms in total. The smallest absolute Gasteiger partial charge is 0.255 e. The molecule has 1 amide bonds. The first kappa shape index (κ1) is 18.3. The number of H-pyrrole nitrogens is 1. The third-order valence-electron chi connectivity index (χ3n) is 4.22. The largest absolute Gasteiger partial charge is 0.383 e. The number of hydrogen-bond acceptors (Lipinski definition) is 5. The number of methoxy groups -OCH3 is 1. The van der Waals surface area contributed by atoms with Gasteiger partial charge in [-0.2, -0.15) is 0 Å². The number of hydrogen-bond donors (Lipinski definition) is 2. The van der Waals surface area contributed by atoms with Crippen LogP contribution in [0.2, 0.25) is 5.28 Å². The van der Waals surface area contributed by atoms with Crippen LogP contribution in [0.25, 0.3) is 28.1 Å². The molecule has 1 unspecified atom stereocenters. The summed E-state index contributed by atoms with van der Waals surface area (Å²) < 4.78 is 20.0. The van der Waals surface area contributed by atoms with E-state index in [1.807, 2.05) is 6.92 Å². The zero-order valence-corrected chi connectivity index (χ0v) is 15.8. The second-order valence-corrected chi connectivity index (χ2v) is 6.65. The van der Waals surface area contributed by atoms with Crippen molar-refractivity contribution in [1.82, 2.24) is 29.7 Å². The van der Waals surface area contributed by atoms with Gasteiger partial charge in [-0.1, -0.05) is 0 Å². The van der Waals surface area contributed by atoms with Crippen molar-refractivity contribution < 1.29 is 13.9 Å². The van der Waals surface area contributed by atoms with E-state index < -0.39 is 5.82 Å². The van der Waals surface area contributed by atoms with Gasteiger partial charge in [0.05, 0.1) is 23.9 Å². The van der Waals surface area contributed by atoms with E-state index in [4.69, 9.17) is 16.3 Å². The Bertz CT molecular complexity index is 1190. The summed E-state index contributed by atoms with van der Waals surface area (Å²) in [5, 5.41) is 2.94. The third kappa shape index (κ3) is 3.19. The molecule has 2 N–H and O–H groups in total. The van der Waals surface area contributed by atoms with E-state index in [2.05, 4.69) is 25.3 Å². The number of pyridine rings is 1. The molecule has 4 aromatic heterocycles. The predicted octanol–water partition coefficient (Wildman–Crippen LogP) is 2.83. The highest BCUT2D eigenvalue weighted by molar-refractivity contribution is 6.29. The van der Waals surface area contributed by atoms with Crippen LogP contribution in [0, 0.1) is 5.82 Å². The van der Waals surface area contributed by atoms with Gasteiger partial charge < -0.3 is 15.0 Å². The number of nitrogens with one attached hydrogen (secondary N) is 2. The lowest BCUT2D eigenvalue weighted by atomic mass is 10.2. The van der Waals surface area contributed by atoms with Crippen LogP contribution in [0.4, 0.5) is 4.39 Å². The Labute approximate surface area is 163 Å². The minimum Gasteiger partial charge on any atom is -0.383 e. The fourth-order valence-electron chi connectivity index (χ4n) is 2.98. The van der Waals surface area contributed by atoms with Crippen molar-refractivity contribution in [3.63, 3.8) is 0 Å². The van der Waals surface area contributed by atoms with Crippen molar-refractivity contribution in [2.45, 2.75) is 13.0 Å². The Morgan fingerprint density at radius 1 is 1.43 bits per heavy atom. The van der Waals surface area contributed by atoms with Crippen LogP contribution in [0.1, 0.15) is 17.3 Å². The third-order valence-corrected chi connectivity index (χ3v) is 4.49. The molecule has 28 heavy (non-hydrogen) atoms. The van der Waals surface area contributed by atoms with Crippen LogP contribution in [-0.4, -0.2) is 50.0 Å². The Kier molecular flexibility index (Phi) is 4.70. The molecule has 0 spiro atoms. The van der Waals surface area contributed by atoms with Crippen molar-refractivity contribution in [2.75, 3.05) is 13.7 Å². The maximum atomic E-state index is 13.5. The normalized spacial score (nSPS) is 12.6. The number of carbonyl (C=O) groups excluding carboxylic acids is 1. The molecule has 0 aliphatic heterocycles. The highest BCUT2D eigenvalue weighted by Gasteiger charge is 2.19. The number of halogens is 2. The van der Waals surface area contributed by atoms with Crippen LogP contribution >= 0.6 is 11.6 Å². The van der Waals surface area contributed by atoms with E-state index in [9.17, 15) is 9.18 Å². The number of amides is 1. The average molecular weight is 403 g/mol. The van der Waals surface area contributed by atoms with Gasteiger partial charge in [-0.3, -0.25) is 9.20 Å². The van der Waals surface area contributed by atoms with Gasteiger partial charge in [-0.25, -0.2) is 19.3 Å². The highest BCUT2D eigenvalue weighted by atomic mass is 35.5. The first-order valence-electron chi connectivity index (χ1n) is 8.45. The van der Waals surface area contributed by atoms with Gasteiger partial charge in [0.15, 0.2) is 5.65 Å². The zero-order valence-electron chi connectivity index (χ0n) is 15.0. The summed E-state index contributed by atoms with van der Waals surface area (Å²) in [6, 6.07) is 2.71. The maximum Gasteiger partial charge on any atom is 0.255 e. The first-order chi connectivity index (χ1) is 13.5.